The Labute approximate surface area is 258 Å². The molecular weight excluding hydrogens is 552 g/mol. The first-order chi connectivity index (χ1) is 22.3. The molecule has 2 aliphatic rings. The van der Waals surface area contributed by atoms with Crippen molar-refractivity contribution in [3.63, 3.8) is 0 Å². The molecule has 2 aromatic heterocycles. The third kappa shape index (κ3) is 3.64. The summed E-state index contributed by atoms with van der Waals surface area (Å²) in [6.45, 7) is 0.736. The average molecular weight is 577 g/mol. The molecule has 0 unspecified atom stereocenters. The summed E-state index contributed by atoms with van der Waals surface area (Å²) >= 11 is 0. The topological polar surface area (TPSA) is 63.8 Å². The fourth-order valence-electron chi connectivity index (χ4n) is 6.99. The van der Waals surface area contributed by atoms with Crippen LogP contribution in [0.5, 0.6) is 0 Å². The zero-order chi connectivity index (χ0) is 29.5. The van der Waals surface area contributed by atoms with Crippen molar-refractivity contribution < 1.29 is 4.42 Å². The summed E-state index contributed by atoms with van der Waals surface area (Å²) in [4.78, 5) is 15.4. The molecule has 1 aliphatic heterocycles. The van der Waals surface area contributed by atoms with E-state index in [0.29, 0.717) is 17.5 Å². The lowest BCUT2D eigenvalue weighted by Gasteiger charge is -2.11. The van der Waals surface area contributed by atoms with Crippen molar-refractivity contribution in [1.29, 1.82) is 0 Å². The van der Waals surface area contributed by atoms with Gasteiger partial charge in [-0.2, -0.15) is 0 Å². The molecule has 0 amide bonds. The Bertz CT molecular complexity index is 2550. The number of rotatable bonds is 3. The van der Waals surface area contributed by atoms with Crippen molar-refractivity contribution in [2.45, 2.75) is 0 Å². The molecule has 210 valence electrons. The second kappa shape index (κ2) is 9.21. The molecule has 45 heavy (non-hydrogen) atoms. The maximum atomic E-state index is 6.21. The van der Waals surface area contributed by atoms with Gasteiger partial charge in [0.1, 0.15) is 5.58 Å². The normalized spacial score (nSPS) is 12.9. The minimum atomic E-state index is 0.613. The fraction of sp³-hybridized carbons (Fsp3) is 0.0250. The summed E-state index contributed by atoms with van der Waals surface area (Å²) in [6.07, 6.45) is 4.22. The van der Waals surface area contributed by atoms with Crippen LogP contribution in [0.25, 0.3) is 95.0 Å². The Kier molecular flexibility index (Phi) is 4.99. The van der Waals surface area contributed by atoms with Gasteiger partial charge < -0.3 is 9.73 Å². The van der Waals surface area contributed by atoms with E-state index in [-0.39, 0.29) is 0 Å². The van der Waals surface area contributed by atoms with E-state index in [4.69, 9.17) is 19.4 Å². The number of furan rings is 1. The number of aromatic nitrogens is 3. The molecule has 0 fully saturated rings. The van der Waals surface area contributed by atoms with E-state index < -0.39 is 0 Å². The van der Waals surface area contributed by atoms with Gasteiger partial charge in [-0.3, -0.25) is 0 Å². The van der Waals surface area contributed by atoms with Crippen LogP contribution >= 0.6 is 0 Å². The van der Waals surface area contributed by atoms with Crippen molar-refractivity contribution in [2.75, 3.05) is 11.9 Å². The van der Waals surface area contributed by atoms with Gasteiger partial charge in [0.2, 0.25) is 5.88 Å². The first kappa shape index (κ1) is 24.4. The van der Waals surface area contributed by atoms with Gasteiger partial charge in [-0.05, 0) is 62.0 Å². The lowest BCUT2D eigenvalue weighted by Crippen LogP contribution is -2.02. The van der Waals surface area contributed by atoms with Crippen LogP contribution in [0, 0.1) is 0 Å². The lowest BCUT2D eigenvalue weighted by molar-refractivity contribution is 0.628. The second-order valence-corrected chi connectivity index (χ2v) is 11.6. The second-order valence-electron chi connectivity index (χ2n) is 11.6. The molecule has 0 radical (unpaired) electrons. The van der Waals surface area contributed by atoms with Crippen LogP contribution in [0.15, 0.2) is 126 Å². The van der Waals surface area contributed by atoms with E-state index in [0.717, 1.165) is 51.0 Å². The summed E-state index contributed by atoms with van der Waals surface area (Å²) in [6, 6.07) is 40.5. The smallest absolute Gasteiger partial charge is 0.201 e. The zero-order valence-corrected chi connectivity index (χ0v) is 24.1. The minimum absolute atomic E-state index is 0.613. The highest BCUT2D eigenvalue weighted by atomic mass is 16.3. The Morgan fingerprint density at radius 1 is 0.511 bits per heavy atom. The highest BCUT2D eigenvalue weighted by Gasteiger charge is 2.24. The summed E-state index contributed by atoms with van der Waals surface area (Å²) in [7, 11) is 0. The number of fused-ring (bicyclic) bond motifs is 7. The molecule has 5 nitrogen and oxygen atoms in total. The number of nitrogens with one attached hydrogen (secondary N) is 1. The molecule has 5 heteroatoms. The third-order valence-corrected chi connectivity index (χ3v) is 9.06. The van der Waals surface area contributed by atoms with Crippen molar-refractivity contribution >= 4 is 44.5 Å². The lowest BCUT2D eigenvalue weighted by atomic mass is 10.0. The SMILES string of the molecule is C1=Cc2c(oc3cccc(-c4nc(-c5ccc6c(c5)-c5cccc7cccc-6c57)nc(-c5ccc6ccccc6c5)n4)c23)NC1. The number of hydrogen-bond acceptors (Lipinski definition) is 5. The summed E-state index contributed by atoms with van der Waals surface area (Å²) in [5.74, 6) is 2.66. The Morgan fingerprint density at radius 2 is 1.20 bits per heavy atom. The standard InChI is InChI=1S/C40H24N4O/c1-2-8-25-21-26(17-16-23(25)7-1)37-42-38(27-18-19-28-29-11-3-9-24-10-4-12-30(35(24)29)33(28)22-27)44-39(43-37)31-13-5-15-34-36(31)32-14-6-20-41-40(32)45-34/h1-19,21-22,41H,20H2. The first-order valence-corrected chi connectivity index (χ1v) is 15.2. The van der Waals surface area contributed by atoms with Crippen LogP contribution < -0.4 is 5.32 Å². The van der Waals surface area contributed by atoms with Gasteiger partial charge in [0.15, 0.2) is 17.5 Å². The van der Waals surface area contributed by atoms with Crippen molar-refractivity contribution in [3.05, 3.63) is 127 Å². The Balaban J connectivity index is 1.21. The maximum absolute atomic E-state index is 6.21. The number of nitrogens with zero attached hydrogens (tertiary/aromatic N) is 3. The van der Waals surface area contributed by atoms with Crippen LogP contribution in [0.4, 0.5) is 5.88 Å². The predicted octanol–water partition coefficient (Wildman–Crippen LogP) is 10.0. The van der Waals surface area contributed by atoms with E-state index in [2.05, 4.69) is 121 Å². The quantitative estimate of drug-likeness (QED) is 0.227. The van der Waals surface area contributed by atoms with Crippen LogP contribution in [0.2, 0.25) is 0 Å². The Hall–Kier alpha value is -6.07. The van der Waals surface area contributed by atoms with Crippen molar-refractivity contribution in [1.82, 2.24) is 15.0 Å². The largest absolute Gasteiger partial charge is 0.440 e. The molecule has 0 atom stereocenters. The first-order valence-electron chi connectivity index (χ1n) is 15.2. The van der Waals surface area contributed by atoms with Gasteiger partial charge in [0, 0.05) is 34.2 Å². The summed E-state index contributed by atoms with van der Waals surface area (Å²) < 4.78 is 6.21. The van der Waals surface area contributed by atoms with Gasteiger partial charge in [0.25, 0.3) is 0 Å². The van der Waals surface area contributed by atoms with Crippen molar-refractivity contribution in [2.24, 2.45) is 0 Å². The van der Waals surface area contributed by atoms with E-state index in [9.17, 15) is 0 Å². The average Bonchev–Trinajstić information content (AvgIpc) is 3.65. The van der Waals surface area contributed by atoms with Gasteiger partial charge in [-0.15, -0.1) is 0 Å². The molecular formula is C40H24N4O. The molecule has 6 aromatic carbocycles. The Morgan fingerprint density at radius 3 is 2.07 bits per heavy atom. The molecule has 0 saturated carbocycles. The zero-order valence-electron chi connectivity index (χ0n) is 24.1. The number of benzene rings is 6. The van der Waals surface area contributed by atoms with Gasteiger partial charge >= 0.3 is 0 Å². The predicted molar refractivity (Wildman–Crippen MR) is 183 cm³/mol. The molecule has 8 aromatic rings. The molecule has 0 spiro atoms. The highest BCUT2D eigenvalue weighted by Crippen LogP contribution is 2.48. The van der Waals surface area contributed by atoms with Crippen LogP contribution in [-0.2, 0) is 0 Å². The van der Waals surface area contributed by atoms with Crippen LogP contribution in [0.1, 0.15) is 5.56 Å². The molecule has 1 aliphatic carbocycles. The van der Waals surface area contributed by atoms with Crippen molar-refractivity contribution in [3.8, 4) is 56.4 Å². The number of hydrogen-bond donors (Lipinski definition) is 1. The van der Waals surface area contributed by atoms with Gasteiger partial charge in [-0.1, -0.05) is 109 Å². The van der Waals surface area contributed by atoms with Gasteiger partial charge in [-0.25, -0.2) is 15.0 Å². The fourth-order valence-corrected chi connectivity index (χ4v) is 6.99. The molecule has 0 bridgehead atoms. The van der Waals surface area contributed by atoms with E-state index in [1.165, 1.54) is 38.4 Å². The molecule has 1 N–H and O–H groups in total. The van der Waals surface area contributed by atoms with E-state index in [1.807, 2.05) is 12.1 Å². The number of anilines is 1. The monoisotopic (exact) mass is 576 g/mol. The third-order valence-electron chi connectivity index (χ3n) is 9.06. The highest BCUT2D eigenvalue weighted by molar-refractivity contribution is 6.15. The molecule has 0 saturated heterocycles. The van der Waals surface area contributed by atoms with E-state index >= 15 is 0 Å². The molecule has 3 heterocycles. The minimum Gasteiger partial charge on any atom is -0.440 e. The summed E-state index contributed by atoms with van der Waals surface area (Å²) in [5, 5.41) is 9.23. The van der Waals surface area contributed by atoms with E-state index in [1.54, 1.807) is 0 Å². The van der Waals surface area contributed by atoms with Gasteiger partial charge in [0.05, 0.1) is 0 Å². The van der Waals surface area contributed by atoms with Crippen LogP contribution in [0.3, 0.4) is 0 Å². The summed E-state index contributed by atoms with van der Waals surface area (Å²) in [5.41, 5.74) is 9.59. The maximum Gasteiger partial charge on any atom is 0.201 e. The molecule has 10 rings (SSSR count). The van der Waals surface area contributed by atoms with Crippen LogP contribution in [-0.4, -0.2) is 21.5 Å².